The predicted molar refractivity (Wildman–Crippen MR) is 51.0 cm³/mol. The van der Waals surface area contributed by atoms with Crippen molar-refractivity contribution in [3.63, 3.8) is 0 Å². The third-order valence-electron chi connectivity index (χ3n) is 1.97. The van der Waals surface area contributed by atoms with Crippen LogP contribution < -0.4 is 4.74 Å². The molecule has 0 aliphatic heterocycles. The second kappa shape index (κ2) is 4.70. The number of carboxylic acid groups (broad SMARTS) is 1. The first-order valence-corrected chi connectivity index (χ1v) is 4.38. The minimum Gasteiger partial charge on any atom is -0.477 e. The van der Waals surface area contributed by atoms with Gasteiger partial charge in [0.2, 0.25) is 5.88 Å². The lowest BCUT2D eigenvalue weighted by atomic mass is 10.1. The molecule has 1 aromatic rings. The van der Waals surface area contributed by atoms with E-state index in [1.54, 1.807) is 13.8 Å². The Morgan fingerprint density at radius 3 is 2.60 bits per heavy atom. The maximum atomic E-state index is 10.9. The molecule has 0 amide bonds. The molecule has 82 valence electrons. The van der Waals surface area contributed by atoms with Crippen molar-refractivity contribution < 1.29 is 19.7 Å². The van der Waals surface area contributed by atoms with E-state index in [9.17, 15) is 4.79 Å². The zero-order valence-corrected chi connectivity index (χ0v) is 8.52. The third-order valence-corrected chi connectivity index (χ3v) is 1.97. The van der Waals surface area contributed by atoms with Crippen LogP contribution >= 0.6 is 0 Å². The number of nitrogens with zero attached hydrogens (tertiary/aromatic N) is 2. The molecule has 1 rings (SSSR count). The van der Waals surface area contributed by atoms with Crippen LogP contribution in [0.4, 0.5) is 0 Å². The molecule has 0 atom stereocenters. The van der Waals surface area contributed by atoms with E-state index in [0.29, 0.717) is 11.3 Å². The average molecular weight is 212 g/mol. The van der Waals surface area contributed by atoms with Crippen LogP contribution in [-0.4, -0.2) is 39.6 Å². The highest BCUT2D eigenvalue weighted by Crippen LogP contribution is 2.20. The summed E-state index contributed by atoms with van der Waals surface area (Å²) in [6.07, 6.45) is 0. The van der Waals surface area contributed by atoms with E-state index in [2.05, 4.69) is 10.2 Å². The molecule has 15 heavy (non-hydrogen) atoms. The second-order valence-electron chi connectivity index (χ2n) is 2.97. The van der Waals surface area contributed by atoms with Crippen molar-refractivity contribution in [1.29, 1.82) is 0 Å². The maximum Gasteiger partial charge on any atom is 0.341 e. The van der Waals surface area contributed by atoms with Gasteiger partial charge in [0.25, 0.3) is 0 Å². The zero-order valence-electron chi connectivity index (χ0n) is 8.52. The van der Waals surface area contributed by atoms with Gasteiger partial charge in [-0.3, -0.25) is 0 Å². The van der Waals surface area contributed by atoms with Crippen LogP contribution in [0, 0.1) is 13.8 Å². The Balaban J connectivity index is 3.15. The van der Waals surface area contributed by atoms with Crippen molar-refractivity contribution in [2.24, 2.45) is 0 Å². The fourth-order valence-electron chi connectivity index (χ4n) is 1.08. The Morgan fingerprint density at radius 2 is 2.07 bits per heavy atom. The van der Waals surface area contributed by atoms with Crippen molar-refractivity contribution >= 4 is 5.97 Å². The van der Waals surface area contributed by atoms with E-state index in [-0.39, 0.29) is 24.7 Å². The first kappa shape index (κ1) is 11.4. The summed E-state index contributed by atoms with van der Waals surface area (Å²) in [4.78, 5) is 10.9. The molecule has 0 saturated heterocycles. The minimum absolute atomic E-state index is 0.00252. The van der Waals surface area contributed by atoms with E-state index >= 15 is 0 Å². The first-order valence-electron chi connectivity index (χ1n) is 4.38. The van der Waals surface area contributed by atoms with Crippen molar-refractivity contribution in [3.05, 3.63) is 16.8 Å². The maximum absolute atomic E-state index is 10.9. The molecule has 0 aliphatic rings. The number of rotatable bonds is 4. The molecule has 0 bridgehead atoms. The lowest BCUT2D eigenvalue weighted by molar-refractivity contribution is 0.0687. The van der Waals surface area contributed by atoms with Gasteiger partial charge in [0.05, 0.1) is 12.3 Å². The van der Waals surface area contributed by atoms with E-state index in [4.69, 9.17) is 14.9 Å². The van der Waals surface area contributed by atoms with Crippen LogP contribution in [0.2, 0.25) is 0 Å². The van der Waals surface area contributed by atoms with Gasteiger partial charge in [-0.2, -0.15) is 5.10 Å². The van der Waals surface area contributed by atoms with Gasteiger partial charge in [-0.05, 0) is 19.4 Å². The summed E-state index contributed by atoms with van der Waals surface area (Å²) in [5.41, 5.74) is 1.06. The van der Waals surface area contributed by atoms with E-state index in [0.717, 1.165) is 0 Å². The molecule has 2 N–H and O–H groups in total. The highest BCUT2D eigenvalue weighted by atomic mass is 16.5. The van der Waals surface area contributed by atoms with Crippen LogP contribution in [0.1, 0.15) is 21.6 Å². The molecular weight excluding hydrogens is 200 g/mol. The number of ether oxygens (including phenoxy) is 1. The van der Waals surface area contributed by atoms with Gasteiger partial charge in [0.1, 0.15) is 12.2 Å². The summed E-state index contributed by atoms with van der Waals surface area (Å²) < 4.78 is 4.98. The molecule has 6 heteroatoms. The summed E-state index contributed by atoms with van der Waals surface area (Å²) in [6, 6.07) is 0. The number of aliphatic hydroxyl groups excluding tert-OH is 1. The fraction of sp³-hybridized carbons (Fsp3) is 0.444. The number of carboxylic acids is 1. The summed E-state index contributed by atoms with van der Waals surface area (Å²) in [5, 5.41) is 24.9. The summed E-state index contributed by atoms with van der Waals surface area (Å²) in [6.45, 7) is 3.11. The monoisotopic (exact) mass is 212 g/mol. The zero-order chi connectivity index (χ0) is 11.4. The molecule has 0 aromatic carbocycles. The molecule has 1 aromatic heterocycles. The topological polar surface area (TPSA) is 92.5 Å². The third kappa shape index (κ3) is 2.41. The first-order chi connectivity index (χ1) is 7.07. The quantitative estimate of drug-likeness (QED) is 0.738. The molecule has 0 saturated carbocycles. The molecule has 0 radical (unpaired) electrons. The highest BCUT2D eigenvalue weighted by Gasteiger charge is 2.18. The van der Waals surface area contributed by atoms with Gasteiger partial charge >= 0.3 is 5.97 Å². The predicted octanol–water partition coefficient (Wildman–Crippen LogP) is 0.163. The number of aryl methyl sites for hydroxylation is 1. The SMILES string of the molecule is Cc1nnc(OCCO)c(C(=O)O)c1C. The van der Waals surface area contributed by atoms with Crippen molar-refractivity contribution in [3.8, 4) is 5.88 Å². The summed E-state index contributed by atoms with van der Waals surface area (Å²) >= 11 is 0. The van der Waals surface area contributed by atoms with Crippen LogP contribution in [-0.2, 0) is 0 Å². The average Bonchev–Trinajstić information content (AvgIpc) is 2.19. The van der Waals surface area contributed by atoms with Crippen molar-refractivity contribution in [2.45, 2.75) is 13.8 Å². The van der Waals surface area contributed by atoms with Gasteiger partial charge in [0.15, 0.2) is 0 Å². The smallest absolute Gasteiger partial charge is 0.341 e. The number of aromatic carboxylic acids is 1. The molecule has 0 unspecified atom stereocenters. The number of aromatic nitrogens is 2. The summed E-state index contributed by atoms with van der Waals surface area (Å²) in [5.74, 6) is -1.17. The standard InChI is InChI=1S/C9H12N2O4/c1-5-6(2)10-11-8(15-4-3-12)7(5)9(13)14/h12H,3-4H2,1-2H3,(H,13,14). The van der Waals surface area contributed by atoms with Gasteiger partial charge < -0.3 is 14.9 Å². The van der Waals surface area contributed by atoms with Crippen LogP contribution in [0.15, 0.2) is 0 Å². The number of hydrogen-bond acceptors (Lipinski definition) is 5. The Bertz CT molecular complexity index is 379. The van der Waals surface area contributed by atoms with Gasteiger partial charge in [-0.1, -0.05) is 0 Å². The number of carbonyl (C=O) groups is 1. The lowest BCUT2D eigenvalue weighted by Crippen LogP contribution is -2.12. The Labute approximate surface area is 86.5 Å². The number of aliphatic hydroxyl groups is 1. The molecule has 0 aliphatic carbocycles. The van der Waals surface area contributed by atoms with Gasteiger partial charge in [-0.25, -0.2) is 4.79 Å². The minimum atomic E-state index is -1.11. The van der Waals surface area contributed by atoms with E-state index in [1.165, 1.54) is 0 Å². The van der Waals surface area contributed by atoms with E-state index < -0.39 is 5.97 Å². The lowest BCUT2D eigenvalue weighted by Gasteiger charge is -2.09. The molecule has 6 nitrogen and oxygen atoms in total. The second-order valence-corrected chi connectivity index (χ2v) is 2.97. The van der Waals surface area contributed by atoms with E-state index in [1.807, 2.05) is 0 Å². The van der Waals surface area contributed by atoms with Gasteiger partial charge in [-0.15, -0.1) is 5.10 Å². The van der Waals surface area contributed by atoms with Crippen LogP contribution in [0.25, 0.3) is 0 Å². The molecule has 1 heterocycles. The van der Waals surface area contributed by atoms with Crippen molar-refractivity contribution in [1.82, 2.24) is 10.2 Å². The Kier molecular flexibility index (Phi) is 3.56. The molecule has 0 fully saturated rings. The van der Waals surface area contributed by atoms with Crippen molar-refractivity contribution in [2.75, 3.05) is 13.2 Å². The van der Waals surface area contributed by atoms with Crippen LogP contribution in [0.3, 0.4) is 0 Å². The fourth-order valence-corrected chi connectivity index (χ4v) is 1.08. The summed E-state index contributed by atoms with van der Waals surface area (Å²) in [7, 11) is 0. The Hall–Kier alpha value is -1.69. The van der Waals surface area contributed by atoms with Gasteiger partial charge in [0, 0.05) is 0 Å². The van der Waals surface area contributed by atoms with Crippen LogP contribution in [0.5, 0.6) is 5.88 Å². The largest absolute Gasteiger partial charge is 0.477 e. The molecular formula is C9H12N2O4. The number of hydrogen-bond donors (Lipinski definition) is 2. The molecule has 0 spiro atoms. The highest BCUT2D eigenvalue weighted by molar-refractivity contribution is 5.91. The Morgan fingerprint density at radius 1 is 1.40 bits per heavy atom. The normalized spacial score (nSPS) is 10.1.